The molecule has 1 aromatic rings. The van der Waals surface area contributed by atoms with Gasteiger partial charge >= 0.3 is 0 Å². The van der Waals surface area contributed by atoms with Crippen LogP contribution >= 0.6 is 0 Å². The Kier molecular flexibility index (Phi) is 6.93. The van der Waals surface area contributed by atoms with E-state index < -0.39 is 0 Å². The summed E-state index contributed by atoms with van der Waals surface area (Å²) in [6.45, 7) is 4.35. The summed E-state index contributed by atoms with van der Waals surface area (Å²) in [7, 11) is 0. The summed E-state index contributed by atoms with van der Waals surface area (Å²) in [6.07, 6.45) is 16.3. The van der Waals surface area contributed by atoms with E-state index in [1.807, 2.05) is 0 Å². The van der Waals surface area contributed by atoms with E-state index in [4.69, 9.17) is 0 Å². The van der Waals surface area contributed by atoms with E-state index in [9.17, 15) is 0 Å². The van der Waals surface area contributed by atoms with Crippen molar-refractivity contribution in [3.8, 4) is 0 Å². The Bertz CT molecular complexity index is 475. The van der Waals surface area contributed by atoms with E-state index in [2.05, 4.69) is 50.3 Å². The van der Waals surface area contributed by atoms with Crippen molar-refractivity contribution in [3.05, 3.63) is 47.5 Å². The summed E-state index contributed by atoms with van der Waals surface area (Å²) in [6, 6.07) is 9.29. The van der Waals surface area contributed by atoms with Crippen molar-refractivity contribution >= 4 is 0 Å². The van der Waals surface area contributed by atoms with Gasteiger partial charge < -0.3 is 0 Å². The second-order valence-corrected chi connectivity index (χ2v) is 7.72. The number of benzene rings is 1. The van der Waals surface area contributed by atoms with Crippen molar-refractivity contribution in [1.82, 2.24) is 0 Å². The maximum absolute atomic E-state index is 2.44. The van der Waals surface area contributed by atoms with Crippen LogP contribution < -0.4 is 0 Å². The van der Waals surface area contributed by atoms with Gasteiger partial charge in [0.1, 0.15) is 0 Å². The maximum atomic E-state index is 2.44. The van der Waals surface area contributed by atoms with Gasteiger partial charge in [0.25, 0.3) is 0 Å². The molecule has 2 saturated carbocycles. The molecule has 0 atom stereocenters. The lowest BCUT2D eigenvalue weighted by molar-refractivity contribution is 0.171. The average molecular weight is 317 g/mol. The third-order valence-corrected chi connectivity index (χ3v) is 6.27. The zero-order chi connectivity index (χ0) is 15.4. The fourth-order valence-electron chi connectivity index (χ4n) is 4.84. The van der Waals surface area contributed by atoms with Crippen molar-refractivity contribution in [1.29, 1.82) is 0 Å². The molecule has 2 aliphatic rings. The van der Waals surface area contributed by atoms with E-state index in [1.54, 1.807) is 5.56 Å². The Labute approximate surface area is 147 Å². The van der Waals surface area contributed by atoms with E-state index in [0.717, 1.165) is 23.7 Å². The zero-order valence-corrected chi connectivity index (χ0v) is 14.4. The first-order chi connectivity index (χ1) is 10.8. The fourth-order valence-corrected chi connectivity index (χ4v) is 4.84. The molecule has 23 heavy (non-hydrogen) atoms. The Hall–Kier alpha value is -1.04. The molecule has 0 heteroatoms. The molecule has 3 rings (SSSR count). The molecule has 0 aliphatic heterocycles. The van der Waals surface area contributed by atoms with Crippen molar-refractivity contribution in [2.24, 2.45) is 17.8 Å². The van der Waals surface area contributed by atoms with Crippen LogP contribution in [-0.2, 0) is 0 Å². The lowest BCUT2D eigenvalue weighted by atomic mass is 9.68. The van der Waals surface area contributed by atoms with Crippen LogP contribution in [0.15, 0.2) is 36.4 Å². The van der Waals surface area contributed by atoms with Crippen LogP contribution in [-0.4, -0.2) is 0 Å². The number of rotatable bonds is 3. The molecular weight excluding hydrogens is 276 g/mol. The lowest BCUT2D eigenvalue weighted by Gasteiger charge is -2.37. The molecule has 0 N–H and O–H groups in total. The van der Waals surface area contributed by atoms with Crippen molar-refractivity contribution in [2.45, 2.75) is 78.6 Å². The zero-order valence-electron chi connectivity index (χ0n) is 14.4. The van der Waals surface area contributed by atoms with Gasteiger partial charge in [-0.05, 0) is 94.4 Å². The normalized spacial score (nSPS) is 31.7. The third kappa shape index (κ3) is 4.72. The van der Waals surface area contributed by atoms with Gasteiger partial charge in [-0.3, -0.25) is 0 Å². The van der Waals surface area contributed by atoms with Crippen LogP contribution in [0.5, 0.6) is 0 Å². The predicted molar refractivity (Wildman–Crippen MR) is 107 cm³/mol. The predicted octanol–water partition coefficient (Wildman–Crippen LogP) is 7.78. The van der Waals surface area contributed by atoms with Crippen molar-refractivity contribution in [3.63, 3.8) is 0 Å². The summed E-state index contributed by atoms with van der Waals surface area (Å²) in [5, 5.41) is 0. The van der Waals surface area contributed by atoms with E-state index in [0.29, 0.717) is 0 Å². The highest BCUT2D eigenvalue weighted by Gasteiger charge is 2.30. The highest BCUT2D eigenvalue weighted by atomic mass is 14.4. The average Bonchev–Trinajstić information content (AvgIpc) is 2.57. The van der Waals surface area contributed by atoms with Crippen LogP contribution in [0.4, 0.5) is 0 Å². The smallest absolute Gasteiger partial charge is 0 e. The largest absolute Gasteiger partial charge is 0.0914 e. The number of hydrogen-bond donors (Lipinski definition) is 0. The number of aryl methyl sites for hydroxylation is 1. The molecule has 0 aromatic heterocycles. The van der Waals surface area contributed by atoms with Crippen LogP contribution in [0.2, 0.25) is 0 Å². The monoisotopic (exact) mass is 316 g/mol. The van der Waals surface area contributed by atoms with Crippen LogP contribution in [0, 0.1) is 24.7 Å². The molecule has 0 bridgehead atoms. The second-order valence-electron chi connectivity index (χ2n) is 7.72. The van der Waals surface area contributed by atoms with Crippen LogP contribution in [0.1, 0.15) is 85.6 Å². The first-order valence-electron chi connectivity index (χ1n) is 9.45. The van der Waals surface area contributed by atoms with Gasteiger partial charge in [-0.15, -0.1) is 0 Å². The molecule has 0 spiro atoms. The van der Waals surface area contributed by atoms with Gasteiger partial charge in [0.15, 0.2) is 0 Å². The molecule has 0 radical (unpaired) electrons. The highest BCUT2D eigenvalue weighted by Crippen LogP contribution is 2.44. The van der Waals surface area contributed by atoms with Crippen LogP contribution in [0.3, 0.4) is 0 Å². The molecule has 2 aliphatic carbocycles. The fraction of sp³-hybridized carbons (Fsp3) is 0.652. The number of allylic oxidation sites excluding steroid dienone is 2. The van der Waals surface area contributed by atoms with Gasteiger partial charge in [0.05, 0.1) is 0 Å². The SMILES string of the molecule is C.C/C=C/C1CCC(C2CCC(c3ccc(C)cc3)CC2)CC1.[HH].[HH]. The van der Waals surface area contributed by atoms with Crippen molar-refractivity contribution in [2.75, 3.05) is 0 Å². The molecule has 1 aromatic carbocycles. The Morgan fingerprint density at radius 1 is 0.826 bits per heavy atom. The molecule has 132 valence electrons. The molecule has 0 unspecified atom stereocenters. The molecule has 0 nitrogen and oxygen atoms in total. The van der Waals surface area contributed by atoms with Gasteiger partial charge in [0.2, 0.25) is 0 Å². The van der Waals surface area contributed by atoms with E-state index in [-0.39, 0.29) is 10.3 Å². The standard InChI is InChI=1S/C22H32.CH4.2H2/c1-3-4-18-7-11-20(12-8-18)22-15-13-21(14-16-22)19-9-5-17(2)6-10-19;;;/h3-6,9-10,18,20-22H,7-8,11-16H2,1-2H3;1H4;2*1H/b4-3+;;;. The maximum Gasteiger partial charge on any atom is 0 e. The lowest BCUT2D eigenvalue weighted by Crippen LogP contribution is -2.25. The van der Waals surface area contributed by atoms with Gasteiger partial charge in [-0.1, -0.05) is 49.4 Å². The van der Waals surface area contributed by atoms with E-state index in [1.165, 1.54) is 56.9 Å². The Morgan fingerprint density at radius 2 is 1.35 bits per heavy atom. The Morgan fingerprint density at radius 3 is 1.87 bits per heavy atom. The quantitative estimate of drug-likeness (QED) is 0.499. The van der Waals surface area contributed by atoms with Crippen LogP contribution in [0.25, 0.3) is 0 Å². The Balaban J connectivity index is 0.00000192. The minimum Gasteiger partial charge on any atom is -0.0914 e. The summed E-state index contributed by atoms with van der Waals surface area (Å²) in [5.74, 6) is 3.76. The first-order valence-corrected chi connectivity index (χ1v) is 9.45. The summed E-state index contributed by atoms with van der Waals surface area (Å²) < 4.78 is 0. The first kappa shape index (κ1) is 18.3. The molecule has 2 fully saturated rings. The van der Waals surface area contributed by atoms with Gasteiger partial charge in [-0.2, -0.15) is 0 Å². The minimum atomic E-state index is 0. The minimum absolute atomic E-state index is 0. The second kappa shape index (κ2) is 8.71. The van der Waals surface area contributed by atoms with Crippen molar-refractivity contribution < 1.29 is 2.85 Å². The van der Waals surface area contributed by atoms with Gasteiger partial charge in [0, 0.05) is 2.85 Å². The number of hydrogen-bond acceptors (Lipinski definition) is 0. The topological polar surface area (TPSA) is 0 Å². The van der Waals surface area contributed by atoms with Gasteiger partial charge in [-0.25, -0.2) is 0 Å². The summed E-state index contributed by atoms with van der Waals surface area (Å²) in [4.78, 5) is 0. The summed E-state index contributed by atoms with van der Waals surface area (Å²) >= 11 is 0. The third-order valence-electron chi connectivity index (χ3n) is 6.27. The molecule has 0 heterocycles. The van der Waals surface area contributed by atoms with E-state index >= 15 is 0 Å². The molecule has 0 amide bonds. The summed E-state index contributed by atoms with van der Waals surface area (Å²) in [5.41, 5.74) is 2.97. The molecular formula is C23H40. The molecule has 0 saturated heterocycles. The highest BCUT2D eigenvalue weighted by molar-refractivity contribution is 5.24.